The highest BCUT2D eigenvalue weighted by atomic mass is 15.2. The number of hydrogen-bond donors (Lipinski definition) is 1. The number of benzene rings is 1. The number of piperidine rings is 1. The van der Waals surface area contributed by atoms with E-state index in [1.54, 1.807) is 0 Å². The number of aliphatic imine (C=N–C) groups is 1. The lowest BCUT2D eigenvalue weighted by molar-refractivity contribution is 0.434. The third kappa shape index (κ3) is 2.02. The van der Waals surface area contributed by atoms with Crippen molar-refractivity contribution in [3.63, 3.8) is 0 Å². The maximum atomic E-state index is 4.61. The fourth-order valence-electron chi connectivity index (χ4n) is 2.21. The SMILES string of the molecule is CN1CCCC/C1=N\c1nc2ccccc2[nH]1. The third-order valence-electron chi connectivity index (χ3n) is 3.20. The molecular formula is C13H16N4. The van der Waals surface area contributed by atoms with Crippen molar-refractivity contribution in [1.29, 1.82) is 0 Å². The molecule has 4 nitrogen and oxygen atoms in total. The zero-order chi connectivity index (χ0) is 11.7. The van der Waals surface area contributed by atoms with Gasteiger partial charge in [0.2, 0.25) is 5.95 Å². The Hall–Kier alpha value is -1.84. The van der Waals surface area contributed by atoms with Crippen LogP contribution in [0.3, 0.4) is 0 Å². The number of imidazole rings is 1. The lowest BCUT2D eigenvalue weighted by Gasteiger charge is -2.25. The fourth-order valence-corrected chi connectivity index (χ4v) is 2.21. The average Bonchev–Trinajstić information content (AvgIpc) is 2.74. The summed E-state index contributed by atoms with van der Waals surface area (Å²) in [6, 6.07) is 8.02. The summed E-state index contributed by atoms with van der Waals surface area (Å²) in [5, 5.41) is 0. The van der Waals surface area contributed by atoms with Gasteiger partial charge in [-0.1, -0.05) is 12.1 Å². The van der Waals surface area contributed by atoms with Crippen LogP contribution < -0.4 is 0 Å². The summed E-state index contributed by atoms with van der Waals surface area (Å²) in [6.07, 6.45) is 3.53. The van der Waals surface area contributed by atoms with Gasteiger partial charge in [-0.2, -0.15) is 4.99 Å². The maximum absolute atomic E-state index is 4.61. The summed E-state index contributed by atoms with van der Waals surface area (Å²) in [5.74, 6) is 1.85. The number of likely N-dealkylation sites (tertiary alicyclic amines) is 1. The summed E-state index contributed by atoms with van der Waals surface area (Å²) in [5.41, 5.74) is 2.02. The standard InChI is InChI=1S/C13H16N4/c1-17-9-5-4-8-12(17)16-13-14-10-6-2-3-7-11(10)15-13/h2-3,6-7H,4-5,8-9H2,1H3,(H,14,15)/b16-12+. The number of nitrogens with zero attached hydrogens (tertiary/aromatic N) is 3. The molecule has 0 amide bonds. The first-order valence-electron chi connectivity index (χ1n) is 6.06. The quantitative estimate of drug-likeness (QED) is 0.815. The van der Waals surface area contributed by atoms with Gasteiger partial charge in [0.25, 0.3) is 0 Å². The van der Waals surface area contributed by atoms with E-state index >= 15 is 0 Å². The zero-order valence-electron chi connectivity index (χ0n) is 9.98. The van der Waals surface area contributed by atoms with Crippen molar-refractivity contribution >= 4 is 22.8 Å². The second-order valence-electron chi connectivity index (χ2n) is 4.48. The molecule has 17 heavy (non-hydrogen) atoms. The minimum Gasteiger partial charge on any atom is -0.363 e. The first-order chi connectivity index (χ1) is 8.33. The molecule has 1 aromatic heterocycles. The van der Waals surface area contributed by atoms with E-state index in [2.05, 4.69) is 26.9 Å². The molecule has 88 valence electrons. The van der Waals surface area contributed by atoms with Crippen LogP contribution in [0.15, 0.2) is 29.3 Å². The van der Waals surface area contributed by atoms with E-state index in [1.165, 1.54) is 12.8 Å². The zero-order valence-corrected chi connectivity index (χ0v) is 9.98. The van der Waals surface area contributed by atoms with E-state index in [1.807, 2.05) is 24.3 Å². The van der Waals surface area contributed by atoms with Crippen molar-refractivity contribution in [3.05, 3.63) is 24.3 Å². The highest BCUT2D eigenvalue weighted by molar-refractivity contribution is 5.85. The first-order valence-corrected chi connectivity index (χ1v) is 6.06. The van der Waals surface area contributed by atoms with Crippen LogP contribution in [0.25, 0.3) is 11.0 Å². The number of fused-ring (bicyclic) bond motifs is 1. The van der Waals surface area contributed by atoms with Crippen LogP contribution in [0.5, 0.6) is 0 Å². The Bertz CT molecular complexity index is 522. The van der Waals surface area contributed by atoms with Gasteiger partial charge in [-0.3, -0.25) is 0 Å². The molecule has 4 heteroatoms. The van der Waals surface area contributed by atoms with E-state index in [-0.39, 0.29) is 0 Å². The number of para-hydroxylation sites is 2. The molecule has 3 rings (SSSR count). The Morgan fingerprint density at radius 1 is 1.29 bits per heavy atom. The molecule has 0 atom stereocenters. The highest BCUT2D eigenvalue weighted by Gasteiger charge is 2.13. The molecule has 0 aliphatic carbocycles. The van der Waals surface area contributed by atoms with Gasteiger partial charge in [0.15, 0.2) is 0 Å². The molecule has 1 aromatic carbocycles. The van der Waals surface area contributed by atoms with Crippen LogP contribution in [0.1, 0.15) is 19.3 Å². The van der Waals surface area contributed by atoms with Gasteiger partial charge in [-0.05, 0) is 25.0 Å². The molecule has 1 N–H and O–H groups in total. The molecule has 1 saturated heterocycles. The Morgan fingerprint density at radius 2 is 2.18 bits per heavy atom. The summed E-state index contributed by atoms with van der Waals surface area (Å²) in [7, 11) is 2.10. The predicted octanol–water partition coefficient (Wildman–Crippen LogP) is 2.71. The van der Waals surface area contributed by atoms with Crippen LogP contribution in [0.4, 0.5) is 5.95 Å². The van der Waals surface area contributed by atoms with Gasteiger partial charge in [0.1, 0.15) is 5.84 Å². The van der Waals surface area contributed by atoms with E-state index in [9.17, 15) is 0 Å². The summed E-state index contributed by atoms with van der Waals surface area (Å²) in [4.78, 5) is 14.5. The third-order valence-corrected chi connectivity index (χ3v) is 3.20. The lowest BCUT2D eigenvalue weighted by Crippen LogP contribution is -2.31. The number of aromatic nitrogens is 2. The summed E-state index contributed by atoms with van der Waals surface area (Å²) < 4.78 is 0. The van der Waals surface area contributed by atoms with Gasteiger partial charge in [0, 0.05) is 20.0 Å². The second kappa shape index (κ2) is 4.20. The fraction of sp³-hybridized carbons (Fsp3) is 0.385. The Morgan fingerprint density at radius 3 is 3.00 bits per heavy atom. The smallest absolute Gasteiger partial charge is 0.229 e. The van der Waals surface area contributed by atoms with Gasteiger partial charge in [0.05, 0.1) is 11.0 Å². The van der Waals surface area contributed by atoms with Crippen LogP contribution in [0.2, 0.25) is 0 Å². The number of nitrogens with one attached hydrogen (secondary N) is 1. The molecule has 1 fully saturated rings. The van der Waals surface area contributed by atoms with Crippen LogP contribution >= 0.6 is 0 Å². The molecule has 0 bridgehead atoms. The van der Waals surface area contributed by atoms with Crippen LogP contribution in [-0.2, 0) is 0 Å². The molecule has 1 aliphatic rings. The molecular weight excluding hydrogens is 212 g/mol. The van der Waals surface area contributed by atoms with Gasteiger partial charge < -0.3 is 9.88 Å². The van der Waals surface area contributed by atoms with Crippen molar-refractivity contribution in [1.82, 2.24) is 14.9 Å². The number of hydrogen-bond acceptors (Lipinski definition) is 2. The van der Waals surface area contributed by atoms with E-state index in [0.29, 0.717) is 0 Å². The normalized spacial score (nSPS) is 19.1. The molecule has 0 unspecified atom stereocenters. The van der Waals surface area contributed by atoms with E-state index in [0.717, 1.165) is 35.8 Å². The topological polar surface area (TPSA) is 44.3 Å². The average molecular weight is 228 g/mol. The van der Waals surface area contributed by atoms with E-state index in [4.69, 9.17) is 0 Å². The first kappa shape index (κ1) is 10.3. The predicted molar refractivity (Wildman–Crippen MR) is 69.7 cm³/mol. The molecule has 1 aliphatic heterocycles. The molecule has 0 radical (unpaired) electrons. The molecule has 0 saturated carbocycles. The minimum absolute atomic E-state index is 0.718. The van der Waals surface area contributed by atoms with Crippen molar-refractivity contribution in [2.75, 3.05) is 13.6 Å². The van der Waals surface area contributed by atoms with Crippen molar-refractivity contribution in [2.45, 2.75) is 19.3 Å². The van der Waals surface area contributed by atoms with Crippen LogP contribution in [-0.4, -0.2) is 34.3 Å². The summed E-state index contributed by atoms with van der Waals surface area (Å²) >= 11 is 0. The van der Waals surface area contributed by atoms with Gasteiger partial charge in [-0.15, -0.1) is 0 Å². The van der Waals surface area contributed by atoms with Crippen molar-refractivity contribution in [2.24, 2.45) is 4.99 Å². The lowest BCUT2D eigenvalue weighted by atomic mass is 10.1. The molecule has 2 aromatic rings. The number of aromatic amines is 1. The molecule has 2 heterocycles. The van der Waals surface area contributed by atoms with Crippen molar-refractivity contribution in [3.8, 4) is 0 Å². The Labute approximate surface area is 100 Å². The minimum atomic E-state index is 0.718. The van der Waals surface area contributed by atoms with Gasteiger partial charge >= 0.3 is 0 Å². The van der Waals surface area contributed by atoms with Crippen LogP contribution in [0, 0.1) is 0 Å². The highest BCUT2D eigenvalue weighted by Crippen LogP contribution is 2.18. The second-order valence-corrected chi connectivity index (χ2v) is 4.48. The summed E-state index contributed by atoms with van der Waals surface area (Å²) in [6.45, 7) is 1.10. The largest absolute Gasteiger partial charge is 0.363 e. The number of rotatable bonds is 1. The van der Waals surface area contributed by atoms with Gasteiger partial charge in [-0.25, -0.2) is 4.98 Å². The maximum Gasteiger partial charge on any atom is 0.229 e. The Kier molecular flexibility index (Phi) is 2.55. The number of H-pyrrole nitrogens is 1. The van der Waals surface area contributed by atoms with E-state index < -0.39 is 0 Å². The molecule has 0 spiro atoms. The number of amidine groups is 1. The monoisotopic (exact) mass is 228 g/mol. The Balaban J connectivity index is 1.95. The van der Waals surface area contributed by atoms with Crippen molar-refractivity contribution < 1.29 is 0 Å².